The number of aromatic nitrogens is 1. The molecule has 2 heterocycles. The Labute approximate surface area is 119 Å². The van der Waals surface area contributed by atoms with Gasteiger partial charge in [0.05, 0.1) is 0 Å². The number of amides is 2. The molecule has 1 aromatic heterocycles. The van der Waals surface area contributed by atoms with Gasteiger partial charge in [0.2, 0.25) is 0 Å². The molecule has 2 fully saturated rings. The molecule has 2 amide bonds. The average Bonchev–Trinajstić information content (AvgIpc) is 3.17. The molecule has 3 rings (SSSR count). The Morgan fingerprint density at radius 1 is 1.30 bits per heavy atom. The molecule has 0 atom stereocenters. The van der Waals surface area contributed by atoms with Crippen LogP contribution in [0.25, 0.3) is 0 Å². The number of nitrogens with zero attached hydrogens (tertiary/aromatic N) is 2. The Morgan fingerprint density at radius 2 is 2.05 bits per heavy atom. The van der Waals surface area contributed by atoms with E-state index in [4.69, 9.17) is 0 Å². The maximum atomic E-state index is 11.9. The zero-order valence-corrected chi connectivity index (χ0v) is 12.0. The first-order valence-corrected chi connectivity index (χ1v) is 7.45. The fraction of sp³-hybridized carbons (Fsp3) is 0.600. The number of hydrogen-bond donors (Lipinski definition) is 2. The summed E-state index contributed by atoms with van der Waals surface area (Å²) in [5.41, 5.74) is 0.814. The molecule has 5 nitrogen and oxygen atoms in total. The molecule has 20 heavy (non-hydrogen) atoms. The van der Waals surface area contributed by atoms with Crippen LogP contribution >= 0.6 is 0 Å². The molecule has 0 aromatic carbocycles. The highest BCUT2D eigenvalue weighted by molar-refractivity contribution is 5.90. The Bertz CT molecular complexity index is 492. The largest absolute Gasteiger partial charge is 0.357 e. The summed E-state index contributed by atoms with van der Waals surface area (Å²) in [5, 5.41) is 5.89. The predicted octanol–water partition coefficient (Wildman–Crippen LogP) is 2.75. The van der Waals surface area contributed by atoms with Crippen LogP contribution in [0, 0.1) is 0 Å². The molecule has 1 saturated heterocycles. The molecule has 2 aliphatic rings. The summed E-state index contributed by atoms with van der Waals surface area (Å²) < 4.78 is 0. The summed E-state index contributed by atoms with van der Waals surface area (Å²) in [6.07, 6.45) is 7.63. The number of carbonyl (C=O) groups is 1. The first kappa shape index (κ1) is 13.2. The van der Waals surface area contributed by atoms with E-state index in [0.717, 1.165) is 37.4 Å². The van der Waals surface area contributed by atoms with E-state index in [9.17, 15) is 4.79 Å². The third-order valence-electron chi connectivity index (χ3n) is 4.10. The summed E-state index contributed by atoms with van der Waals surface area (Å²) in [7, 11) is 0. The minimum absolute atomic E-state index is 0.00676. The molecule has 1 aliphatic heterocycles. The molecule has 1 saturated carbocycles. The van der Waals surface area contributed by atoms with Gasteiger partial charge >= 0.3 is 6.03 Å². The summed E-state index contributed by atoms with van der Waals surface area (Å²) in [6.45, 7) is 4.18. The molecule has 0 bridgehead atoms. The van der Waals surface area contributed by atoms with E-state index in [-0.39, 0.29) is 11.6 Å². The van der Waals surface area contributed by atoms with E-state index < -0.39 is 0 Å². The molecule has 108 valence electrons. The van der Waals surface area contributed by atoms with Crippen LogP contribution in [0.15, 0.2) is 18.3 Å². The third-order valence-corrected chi connectivity index (χ3v) is 4.10. The monoisotopic (exact) mass is 274 g/mol. The van der Waals surface area contributed by atoms with Gasteiger partial charge in [-0.05, 0) is 45.1 Å². The van der Waals surface area contributed by atoms with E-state index in [1.807, 2.05) is 12.1 Å². The lowest BCUT2D eigenvalue weighted by atomic mass is 10.1. The van der Waals surface area contributed by atoms with Crippen molar-refractivity contribution >= 4 is 17.5 Å². The van der Waals surface area contributed by atoms with Crippen LogP contribution in [0.2, 0.25) is 0 Å². The van der Waals surface area contributed by atoms with Crippen LogP contribution in [0.1, 0.15) is 39.0 Å². The van der Waals surface area contributed by atoms with Gasteiger partial charge in [-0.15, -0.1) is 0 Å². The van der Waals surface area contributed by atoms with Gasteiger partial charge in [0.15, 0.2) is 0 Å². The van der Waals surface area contributed by atoms with Crippen LogP contribution < -0.4 is 15.5 Å². The topological polar surface area (TPSA) is 57.3 Å². The van der Waals surface area contributed by atoms with Gasteiger partial charge in [0, 0.05) is 36.6 Å². The first-order valence-electron chi connectivity index (χ1n) is 7.45. The molecule has 0 radical (unpaired) electrons. The summed E-state index contributed by atoms with van der Waals surface area (Å²) in [5.74, 6) is 0.958. The van der Waals surface area contributed by atoms with Crippen molar-refractivity contribution in [3.63, 3.8) is 0 Å². The van der Waals surface area contributed by atoms with E-state index in [2.05, 4.69) is 27.4 Å². The zero-order chi connectivity index (χ0) is 14.0. The first-order chi connectivity index (χ1) is 9.65. The van der Waals surface area contributed by atoms with E-state index in [0.29, 0.717) is 0 Å². The minimum atomic E-state index is -0.124. The van der Waals surface area contributed by atoms with Crippen LogP contribution in [-0.2, 0) is 0 Å². The van der Waals surface area contributed by atoms with E-state index >= 15 is 0 Å². The number of nitrogens with one attached hydrogen (secondary N) is 2. The van der Waals surface area contributed by atoms with Crippen molar-refractivity contribution in [2.75, 3.05) is 23.3 Å². The Hall–Kier alpha value is -1.78. The smallest absolute Gasteiger partial charge is 0.319 e. The van der Waals surface area contributed by atoms with Crippen LogP contribution in [0.5, 0.6) is 0 Å². The van der Waals surface area contributed by atoms with Crippen LogP contribution in [0.3, 0.4) is 0 Å². The van der Waals surface area contributed by atoms with Gasteiger partial charge < -0.3 is 15.5 Å². The number of hydrogen-bond acceptors (Lipinski definition) is 3. The highest BCUT2D eigenvalue weighted by Crippen LogP contribution is 2.34. The van der Waals surface area contributed by atoms with Crippen molar-refractivity contribution in [3.8, 4) is 0 Å². The van der Waals surface area contributed by atoms with Crippen molar-refractivity contribution < 1.29 is 4.79 Å². The number of anilines is 2. The maximum absolute atomic E-state index is 11.9. The molecule has 1 aromatic rings. The normalized spacial score (nSPS) is 20.4. The fourth-order valence-corrected chi connectivity index (χ4v) is 2.54. The van der Waals surface area contributed by atoms with Crippen molar-refractivity contribution in [1.29, 1.82) is 0 Å². The second-order valence-corrected chi connectivity index (χ2v) is 6.09. The Morgan fingerprint density at radius 3 is 2.75 bits per heavy atom. The second-order valence-electron chi connectivity index (χ2n) is 6.09. The number of pyridine rings is 1. The molecule has 2 N–H and O–H groups in total. The fourth-order valence-electron chi connectivity index (χ4n) is 2.54. The molecule has 1 aliphatic carbocycles. The van der Waals surface area contributed by atoms with E-state index in [1.54, 1.807) is 6.20 Å². The number of carbonyl (C=O) groups excluding carboxylic acids is 1. The quantitative estimate of drug-likeness (QED) is 0.891. The summed E-state index contributed by atoms with van der Waals surface area (Å²) in [4.78, 5) is 18.6. The van der Waals surface area contributed by atoms with Gasteiger partial charge in [-0.25, -0.2) is 9.78 Å². The predicted molar refractivity (Wildman–Crippen MR) is 80.1 cm³/mol. The van der Waals surface area contributed by atoms with E-state index in [1.165, 1.54) is 19.3 Å². The lowest BCUT2D eigenvalue weighted by Crippen LogP contribution is -2.37. The minimum Gasteiger partial charge on any atom is -0.357 e. The maximum Gasteiger partial charge on any atom is 0.319 e. The number of piperidine rings is 1. The average molecular weight is 274 g/mol. The highest BCUT2D eigenvalue weighted by atomic mass is 16.2. The van der Waals surface area contributed by atoms with Gasteiger partial charge in [0.1, 0.15) is 5.82 Å². The Balaban J connectivity index is 1.62. The van der Waals surface area contributed by atoms with Gasteiger partial charge in [0.25, 0.3) is 0 Å². The second kappa shape index (κ2) is 5.31. The SMILES string of the molecule is CC1(NC(=O)Nc2ccnc(N3CCCCC3)c2)CC1. The van der Waals surface area contributed by atoms with Crippen LogP contribution in [-0.4, -0.2) is 29.6 Å². The standard InChI is InChI=1S/C15H22N4O/c1-15(6-7-15)18-14(20)17-12-5-8-16-13(11-12)19-9-3-2-4-10-19/h5,8,11H,2-4,6-7,9-10H2,1H3,(H2,16,17,18,20). The molecule has 5 heteroatoms. The molecule has 0 spiro atoms. The molecular weight excluding hydrogens is 252 g/mol. The Kier molecular flexibility index (Phi) is 3.51. The van der Waals surface area contributed by atoms with Gasteiger partial charge in [-0.3, -0.25) is 0 Å². The molecular formula is C15H22N4O. The van der Waals surface area contributed by atoms with Gasteiger partial charge in [-0.2, -0.15) is 0 Å². The number of rotatable bonds is 3. The number of urea groups is 1. The summed E-state index contributed by atoms with van der Waals surface area (Å²) >= 11 is 0. The lowest BCUT2D eigenvalue weighted by molar-refractivity contribution is 0.248. The summed E-state index contributed by atoms with van der Waals surface area (Å²) in [6, 6.07) is 3.67. The van der Waals surface area contributed by atoms with Crippen LogP contribution in [0.4, 0.5) is 16.3 Å². The van der Waals surface area contributed by atoms with Crippen molar-refractivity contribution in [2.24, 2.45) is 0 Å². The highest BCUT2D eigenvalue weighted by Gasteiger charge is 2.38. The van der Waals surface area contributed by atoms with Crippen molar-refractivity contribution in [2.45, 2.75) is 44.6 Å². The lowest BCUT2D eigenvalue weighted by Gasteiger charge is -2.27. The zero-order valence-electron chi connectivity index (χ0n) is 12.0. The van der Waals surface area contributed by atoms with Crippen molar-refractivity contribution in [1.82, 2.24) is 10.3 Å². The van der Waals surface area contributed by atoms with Gasteiger partial charge in [-0.1, -0.05) is 0 Å². The third kappa shape index (κ3) is 3.21. The van der Waals surface area contributed by atoms with Crippen molar-refractivity contribution in [3.05, 3.63) is 18.3 Å². The molecule has 0 unspecified atom stereocenters.